The van der Waals surface area contributed by atoms with E-state index in [0.29, 0.717) is 6.04 Å². The minimum absolute atomic E-state index is 0.0858. The number of fused-ring (bicyclic) bond motifs is 3. The van der Waals surface area contributed by atoms with Gasteiger partial charge in [0.05, 0.1) is 7.11 Å². The molecule has 2 bridgehead atoms. The average molecular weight is 275 g/mol. The minimum Gasteiger partial charge on any atom is -0.496 e. The Morgan fingerprint density at radius 3 is 2.40 bits per heavy atom. The molecule has 20 heavy (non-hydrogen) atoms. The molecule has 3 aliphatic heterocycles. The number of aryl methyl sites for hydroxylation is 2. The molecule has 3 heterocycles. The lowest BCUT2D eigenvalue weighted by atomic mass is 9.90. The molecule has 1 aromatic rings. The van der Waals surface area contributed by atoms with Gasteiger partial charge in [-0.05, 0) is 36.6 Å². The predicted octanol–water partition coefficient (Wildman–Crippen LogP) is 1.31. The van der Waals surface area contributed by atoms with Gasteiger partial charge in [0.25, 0.3) is 0 Å². The van der Waals surface area contributed by atoms with Crippen molar-refractivity contribution >= 4 is 0 Å². The fourth-order valence-corrected chi connectivity index (χ4v) is 3.60. The second kappa shape index (κ2) is 5.35. The van der Waals surface area contributed by atoms with Crippen LogP contribution in [-0.2, 0) is 0 Å². The molecule has 4 rings (SSSR count). The van der Waals surface area contributed by atoms with E-state index in [4.69, 9.17) is 10.5 Å². The maximum Gasteiger partial charge on any atom is 0.122 e. The third-order valence-corrected chi connectivity index (χ3v) is 4.88. The molecule has 0 aromatic heterocycles. The average Bonchev–Trinajstić information content (AvgIpc) is 2.49. The van der Waals surface area contributed by atoms with Crippen LogP contribution in [0.3, 0.4) is 0 Å². The van der Waals surface area contributed by atoms with Crippen LogP contribution in [0.1, 0.15) is 22.7 Å². The standard InChI is InChI=1S/C16H25N3O/c1-11-9-15(20-3)12(2)8-13(11)16(17)14-10-18-4-6-19(14)7-5-18/h8-9,14,16H,4-7,10,17H2,1-3H3. The van der Waals surface area contributed by atoms with E-state index in [2.05, 4.69) is 35.8 Å². The van der Waals surface area contributed by atoms with Gasteiger partial charge in [-0.15, -0.1) is 0 Å². The SMILES string of the molecule is COc1cc(C)c(C(N)C2CN3CCN2CC3)cc1C. The van der Waals surface area contributed by atoms with Crippen molar-refractivity contribution in [3.63, 3.8) is 0 Å². The maximum atomic E-state index is 6.61. The molecule has 1 aromatic carbocycles. The Morgan fingerprint density at radius 1 is 1.15 bits per heavy atom. The van der Waals surface area contributed by atoms with Gasteiger partial charge in [0.1, 0.15) is 5.75 Å². The molecule has 3 fully saturated rings. The number of nitrogens with zero attached hydrogens (tertiary/aromatic N) is 2. The van der Waals surface area contributed by atoms with Gasteiger partial charge in [0.2, 0.25) is 0 Å². The molecule has 2 atom stereocenters. The molecule has 4 heteroatoms. The first-order chi connectivity index (χ1) is 9.60. The molecule has 110 valence electrons. The van der Waals surface area contributed by atoms with E-state index < -0.39 is 0 Å². The smallest absolute Gasteiger partial charge is 0.122 e. The van der Waals surface area contributed by atoms with Crippen molar-refractivity contribution in [1.82, 2.24) is 9.80 Å². The van der Waals surface area contributed by atoms with Gasteiger partial charge in [-0.2, -0.15) is 0 Å². The summed E-state index contributed by atoms with van der Waals surface area (Å²) in [5, 5.41) is 0. The number of nitrogens with two attached hydrogens (primary N) is 1. The van der Waals surface area contributed by atoms with Crippen molar-refractivity contribution < 1.29 is 4.74 Å². The zero-order chi connectivity index (χ0) is 14.3. The molecule has 0 aliphatic carbocycles. The number of hydrogen-bond donors (Lipinski definition) is 1. The van der Waals surface area contributed by atoms with Crippen LogP contribution in [0, 0.1) is 13.8 Å². The molecular weight excluding hydrogens is 250 g/mol. The van der Waals surface area contributed by atoms with Crippen molar-refractivity contribution in [2.75, 3.05) is 39.8 Å². The minimum atomic E-state index is 0.0858. The van der Waals surface area contributed by atoms with Gasteiger partial charge < -0.3 is 10.5 Å². The van der Waals surface area contributed by atoms with Crippen LogP contribution in [0.25, 0.3) is 0 Å². The van der Waals surface area contributed by atoms with E-state index in [1.807, 2.05) is 0 Å². The van der Waals surface area contributed by atoms with Gasteiger partial charge in [0, 0.05) is 44.8 Å². The molecule has 0 saturated carbocycles. The van der Waals surface area contributed by atoms with Crippen molar-refractivity contribution in [2.45, 2.75) is 25.9 Å². The molecule has 0 radical (unpaired) electrons. The Morgan fingerprint density at radius 2 is 1.85 bits per heavy atom. The summed E-state index contributed by atoms with van der Waals surface area (Å²) in [7, 11) is 1.72. The number of rotatable bonds is 3. The van der Waals surface area contributed by atoms with E-state index in [1.54, 1.807) is 7.11 Å². The molecule has 3 aliphatic rings. The Hall–Kier alpha value is -1.10. The summed E-state index contributed by atoms with van der Waals surface area (Å²) in [5.74, 6) is 0.952. The second-order valence-corrected chi connectivity index (χ2v) is 6.11. The maximum absolute atomic E-state index is 6.61. The lowest BCUT2D eigenvalue weighted by molar-refractivity contribution is 0.00206. The van der Waals surface area contributed by atoms with Crippen LogP contribution in [0.15, 0.2) is 12.1 Å². The Bertz CT molecular complexity index is 495. The van der Waals surface area contributed by atoms with Gasteiger partial charge in [-0.25, -0.2) is 0 Å². The van der Waals surface area contributed by atoms with Gasteiger partial charge in [0.15, 0.2) is 0 Å². The predicted molar refractivity (Wildman–Crippen MR) is 81.2 cm³/mol. The summed E-state index contributed by atoms with van der Waals surface area (Å²) in [4.78, 5) is 5.10. The van der Waals surface area contributed by atoms with Crippen molar-refractivity contribution in [3.05, 3.63) is 28.8 Å². The number of ether oxygens (including phenoxy) is 1. The number of methoxy groups -OCH3 is 1. The normalized spacial score (nSPS) is 30.3. The molecule has 0 amide bonds. The highest BCUT2D eigenvalue weighted by Gasteiger charge is 2.36. The highest BCUT2D eigenvalue weighted by molar-refractivity contribution is 5.43. The fourth-order valence-electron chi connectivity index (χ4n) is 3.60. The van der Waals surface area contributed by atoms with Gasteiger partial charge in [-0.1, -0.05) is 6.07 Å². The van der Waals surface area contributed by atoms with Crippen LogP contribution < -0.4 is 10.5 Å². The summed E-state index contributed by atoms with van der Waals surface area (Å²) in [6, 6.07) is 4.85. The number of piperazine rings is 3. The van der Waals surface area contributed by atoms with Crippen LogP contribution >= 0.6 is 0 Å². The Kier molecular flexibility index (Phi) is 3.71. The zero-order valence-corrected chi connectivity index (χ0v) is 12.7. The van der Waals surface area contributed by atoms with Crippen molar-refractivity contribution in [2.24, 2.45) is 5.73 Å². The summed E-state index contributed by atoms with van der Waals surface area (Å²) in [6.45, 7) is 10.0. The molecule has 2 N–H and O–H groups in total. The summed E-state index contributed by atoms with van der Waals surface area (Å²) in [6.07, 6.45) is 0. The van der Waals surface area contributed by atoms with E-state index in [1.165, 1.54) is 29.8 Å². The van der Waals surface area contributed by atoms with Crippen molar-refractivity contribution in [3.8, 4) is 5.75 Å². The number of hydrogen-bond acceptors (Lipinski definition) is 4. The first kappa shape index (κ1) is 13.9. The van der Waals surface area contributed by atoms with Gasteiger partial charge >= 0.3 is 0 Å². The van der Waals surface area contributed by atoms with E-state index in [-0.39, 0.29) is 6.04 Å². The lowest BCUT2D eigenvalue weighted by Crippen LogP contribution is -2.63. The first-order valence-electron chi connectivity index (χ1n) is 7.47. The van der Waals surface area contributed by atoms with Crippen LogP contribution in [-0.4, -0.2) is 55.7 Å². The monoisotopic (exact) mass is 275 g/mol. The van der Waals surface area contributed by atoms with Crippen molar-refractivity contribution in [1.29, 1.82) is 0 Å². The van der Waals surface area contributed by atoms with Gasteiger partial charge in [-0.3, -0.25) is 9.80 Å². The molecule has 0 spiro atoms. The molecular formula is C16H25N3O. The lowest BCUT2D eigenvalue weighted by Gasteiger charge is -2.49. The number of benzene rings is 1. The molecule has 4 nitrogen and oxygen atoms in total. The van der Waals surface area contributed by atoms with Crippen LogP contribution in [0.2, 0.25) is 0 Å². The second-order valence-electron chi connectivity index (χ2n) is 6.11. The van der Waals surface area contributed by atoms with E-state index in [9.17, 15) is 0 Å². The Balaban J connectivity index is 1.87. The van der Waals surface area contributed by atoms with E-state index in [0.717, 1.165) is 25.4 Å². The first-order valence-corrected chi connectivity index (χ1v) is 7.47. The highest BCUT2D eigenvalue weighted by atomic mass is 16.5. The van der Waals surface area contributed by atoms with E-state index >= 15 is 0 Å². The molecule has 2 unspecified atom stereocenters. The largest absolute Gasteiger partial charge is 0.496 e. The highest BCUT2D eigenvalue weighted by Crippen LogP contribution is 2.31. The Labute approximate surface area is 121 Å². The quantitative estimate of drug-likeness (QED) is 0.903. The fraction of sp³-hybridized carbons (Fsp3) is 0.625. The zero-order valence-electron chi connectivity index (χ0n) is 12.7. The molecule has 3 saturated heterocycles. The third kappa shape index (κ3) is 2.32. The summed E-state index contributed by atoms with van der Waals surface area (Å²) in [5.41, 5.74) is 10.3. The summed E-state index contributed by atoms with van der Waals surface area (Å²) >= 11 is 0. The van der Waals surface area contributed by atoms with Crippen LogP contribution in [0.5, 0.6) is 5.75 Å². The van der Waals surface area contributed by atoms with Crippen LogP contribution in [0.4, 0.5) is 0 Å². The topological polar surface area (TPSA) is 41.7 Å². The third-order valence-electron chi connectivity index (χ3n) is 4.88. The summed E-state index contributed by atoms with van der Waals surface area (Å²) < 4.78 is 5.40.